The Labute approximate surface area is 123 Å². The summed E-state index contributed by atoms with van der Waals surface area (Å²) in [6, 6.07) is 15.1. The highest BCUT2D eigenvalue weighted by Crippen LogP contribution is 2.24. The molecule has 2 aromatic rings. The zero-order chi connectivity index (χ0) is 14.5. The van der Waals surface area contributed by atoms with Gasteiger partial charge in [-0.05, 0) is 37.6 Å². The number of nitriles is 1. The molecule has 0 fully saturated rings. The van der Waals surface area contributed by atoms with E-state index in [9.17, 15) is 4.79 Å². The van der Waals surface area contributed by atoms with E-state index >= 15 is 0 Å². The fourth-order valence-corrected chi connectivity index (χ4v) is 2.84. The van der Waals surface area contributed by atoms with Crippen molar-refractivity contribution >= 4 is 17.5 Å². The molecule has 0 amide bonds. The maximum Gasteiger partial charge on any atom is 0.173 e. The molecule has 2 nitrogen and oxygen atoms in total. The third-order valence-electron chi connectivity index (χ3n) is 3.04. The zero-order valence-electron chi connectivity index (χ0n) is 11.5. The molecule has 0 heterocycles. The first-order valence-corrected chi connectivity index (χ1v) is 7.32. The van der Waals surface area contributed by atoms with Crippen molar-refractivity contribution in [2.45, 2.75) is 18.7 Å². The maximum absolute atomic E-state index is 12.1. The maximum atomic E-state index is 12.1. The Morgan fingerprint density at radius 3 is 2.50 bits per heavy atom. The minimum Gasteiger partial charge on any atom is -0.293 e. The van der Waals surface area contributed by atoms with Gasteiger partial charge in [-0.1, -0.05) is 29.8 Å². The standard InChI is InChI=1S/C17H15NOS/c1-12-3-4-13(2)17(9-12)20-11-16(19)15-7-5-14(10-18)6-8-15/h3-9H,11H2,1-2H3. The first-order valence-electron chi connectivity index (χ1n) is 6.33. The predicted molar refractivity (Wildman–Crippen MR) is 82.1 cm³/mol. The van der Waals surface area contributed by atoms with Crippen LogP contribution in [0.1, 0.15) is 27.0 Å². The van der Waals surface area contributed by atoms with Crippen molar-refractivity contribution in [3.05, 3.63) is 64.7 Å². The molecule has 0 bridgehead atoms. The van der Waals surface area contributed by atoms with E-state index in [-0.39, 0.29) is 5.78 Å². The van der Waals surface area contributed by atoms with Crippen molar-refractivity contribution in [2.24, 2.45) is 0 Å². The average molecular weight is 281 g/mol. The first-order chi connectivity index (χ1) is 9.60. The lowest BCUT2D eigenvalue weighted by Crippen LogP contribution is -2.02. The van der Waals surface area contributed by atoms with Crippen molar-refractivity contribution in [1.82, 2.24) is 0 Å². The number of carbonyl (C=O) groups is 1. The molecule has 0 aliphatic rings. The summed E-state index contributed by atoms with van der Waals surface area (Å²) in [4.78, 5) is 13.3. The van der Waals surface area contributed by atoms with Gasteiger partial charge < -0.3 is 0 Å². The van der Waals surface area contributed by atoms with E-state index in [1.54, 1.807) is 36.0 Å². The molecule has 2 aromatic carbocycles. The number of rotatable bonds is 4. The number of ketones is 1. The lowest BCUT2D eigenvalue weighted by Gasteiger charge is -2.06. The Kier molecular flexibility index (Phi) is 4.60. The van der Waals surface area contributed by atoms with Gasteiger partial charge in [0.1, 0.15) is 0 Å². The van der Waals surface area contributed by atoms with Crippen LogP contribution >= 0.6 is 11.8 Å². The van der Waals surface area contributed by atoms with Crippen LogP contribution in [0.25, 0.3) is 0 Å². The average Bonchev–Trinajstić information content (AvgIpc) is 2.48. The molecular weight excluding hydrogens is 266 g/mol. The summed E-state index contributed by atoms with van der Waals surface area (Å²) < 4.78 is 0. The van der Waals surface area contributed by atoms with Gasteiger partial charge in [0, 0.05) is 10.5 Å². The van der Waals surface area contributed by atoms with E-state index in [0.717, 1.165) is 4.90 Å². The van der Waals surface area contributed by atoms with Crippen LogP contribution < -0.4 is 0 Å². The summed E-state index contributed by atoms with van der Waals surface area (Å²) in [5, 5.41) is 8.74. The van der Waals surface area contributed by atoms with Crippen LogP contribution in [0.15, 0.2) is 47.4 Å². The molecule has 0 spiro atoms. The topological polar surface area (TPSA) is 40.9 Å². The summed E-state index contributed by atoms with van der Waals surface area (Å²) in [5.41, 5.74) is 3.61. The van der Waals surface area contributed by atoms with E-state index in [4.69, 9.17) is 5.26 Å². The van der Waals surface area contributed by atoms with E-state index in [2.05, 4.69) is 18.2 Å². The second-order valence-electron chi connectivity index (χ2n) is 4.67. The molecule has 0 aromatic heterocycles. The van der Waals surface area contributed by atoms with Gasteiger partial charge in [0.2, 0.25) is 0 Å². The van der Waals surface area contributed by atoms with Crippen LogP contribution in [0, 0.1) is 25.2 Å². The van der Waals surface area contributed by atoms with Crippen LogP contribution in [0.3, 0.4) is 0 Å². The first kappa shape index (κ1) is 14.4. The van der Waals surface area contributed by atoms with Crippen LogP contribution in [0.4, 0.5) is 0 Å². The molecule has 0 unspecified atom stereocenters. The second kappa shape index (κ2) is 6.40. The van der Waals surface area contributed by atoms with Gasteiger partial charge in [0.15, 0.2) is 5.78 Å². The quantitative estimate of drug-likeness (QED) is 0.624. The molecule has 100 valence electrons. The SMILES string of the molecule is Cc1ccc(C)c(SCC(=O)c2ccc(C#N)cc2)c1. The number of thioether (sulfide) groups is 1. The summed E-state index contributed by atoms with van der Waals surface area (Å²) in [6.07, 6.45) is 0. The molecule has 0 N–H and O–H groups in total. The number of nitrogens with zero attached hydrogens (tertiary/aromatic N) is 1. The lowest BCUT2D eigenvalue weighted by molar-refractivity contribution is 0.102. The smallest absolute Gasteiger partial charge is 0.173 e. The lowest BCUT2D eigenvalue weighted by atomic mass is 10.1. The van der Waals surface area contributed by atoms with E-state index in [1.165, 1.54) is 11.1 Å². The van der Waals surface area contributed by atoms with Gasteiger partial charge in [-0.15, -0.1) is 11.8 Å². The fourth-order valence-electron chi connectivity index (χ4n) is 1.82. The fraction of sp³-hybridized carbons (Fsp3) is 0.176. The Morgan fingerprint density at radius 2 is 1.85 bits per heavy atom. The van der Waals surface area contributed by atoms with Crippen LogP contribution in [0.2, 0.25) is 0 Å². The molecule has 0 aliphatic carbocycles. The Bertz CT molecular complexity index is 668. The van der Waals surface area contributed by atoms with Crippen molar-refractivity contribution in [1.29, 1.82) is 5.26 Å². The molecule has 0 aliphatic heterocycles. The number of hydrogen-bond donors (Lipinski definition) is 0. The monoisotopic (exact) mass is 281 g/mol. The normalized spacial score (nSPS) is 10.1. The number of hydrogen-bond acceptors (Lipinski definition) is 3. The molecule has 2 rings (SSSR count). The van der Waals surface area contributed by atoms with Gasteiger partial charge in [-0.2, -0.15) is 5.26 Å². The minimum atomic E-state index is 0.0837. The highest BCUT2D eigenvalue weighted by atomic mass is 32.2. The highest BCUT2D eigenvalue weighted by molar-refractivity contribution is 8.00. The van der Waals surface area contributed by atoms with Gasteiger partial charge in [-0.25, -0.2) is 0 Å². The molecule has 0 radical (unpaired) electrons. The summed E-state index contributed by atoms with van der Waals surface area (Å²) in [6.45, 7) is 4.10. The largest absolute Gasteiger partial charge is 0.293 e. The second-order valence-corrected chi connectivity index (χ2v) is 5.69. The third-order valence-corrected chi connectivity index (χ3v) is 4.20. The van der Waals surface area contributed by atoms with Gasteiger partial charge in [0.05, 0.1) is 17.4 Å². The van der Waals surface area contributed by atoms with Gasteiger partial charge in [0.25, 0.3) is 0 Å². The zero-order valence-corrected chi connectivity index (χ0v) is 12.3. The van der Waals surface area contributed by atoms with E-state index < -0.39 is 0 Å². The number of carbonyl (C=O) groups excluding carboxylic acids is 1. The van der Waals surface area contributed by atoms with Crippen LogP contribution in [-0.2, 0) is 0 Å². The van der Waals surface area contributed by atoms with Crippen molar-refractivity contribution in [3.63, 3.8) is 0 Å². The number of Topliss-reactive ketones (excluding diaryl/α,β-unsaturated/α-hetero) is 1. The highest BCUT2D eigenvalue weighted by Gasteiger charge is 2.08. The number of aryl methyl sites for hydroxylation is 2. The number of benzene rings is 2. The van der Waals surface area contributed by atoms with Crippen molar-refractivity contribution in [3.8, 4) is 6.07 Å². The van der Waals surface area contributed by atoms with Crippen LogP contribution in [-0.4, -0.2) is 11.5 Å². The summed E-state index contributed by atoms with van der Waals surface area (Å²) in [5.74, 6) is 0.497. The molecule has 0 saturated heterocycles. The summed E-state index contributed by atoms with van der Waals surface area (Å²) >= 11 is 1.56. The molecule has 20 heavy (non-hydrogen) atoms. The van der Waals surface area contributed by atoms with Gasteiger partial charge >= 0.3 is 0 Å². The Hall–Kier alpha value is -2.05. The van der Waals surface area contributed by atoms with Crippen molar-refractivity contribution < 1.29 is 4.79 Å². The predicted octanol–water partition coefficient (Wildman–Crippen LogP) is 4.15. The summed E-state index contributed by atoms with van der Waals surface area (Å²) in [7, 11) is 0. The minimum absolute atomic E-state index is 0.0837. The third kappa shape index (κ3) is 3.49. The van der Waals surface area contributed by atoms with E-state index in [0.29, 0.717) is 16.9 Å². The van der Waals surface area contributed by atoms with E-state index in [1.807, 2.05) is 19.9 Å². The Morgan fingerprint density at radius 1 is 1.15 bits per heavy atom. The Balaban J connectivity index is 2.04. The molecule has 0 saturated carbocycles. The molecule has 3 heteroatoms. The van der Waals surface area contributed by atoms with Gasteiger partial charge in [-0.3, -0.25) is 4.79 Å². The van der Waals surface area contributed by atoms with Crippen molar-refractivity contribution in [2.75, 3.05) is 5.75 Å². The molecular formula is C17H15NOS. The molecule has 0 atom stereocenters. The van der Waals surface area contributed by atoms with Crippen LogP contribution in [0.5, 0.6) is 0 Å².